The van der Waals surface area contributed by atoms with E-state index in [2.05, 4.69) is 5.32 Å². The minimum atomic E-state index is -0.610. The van der Waals surface area contributed by atoms with Crippen LogP contribution in [0.3, 0.4) is 0 Å². The predicted octanol–water partition coefficient (Wildman–Crippen LogP) is 4.07. The molecule has 1 aromatic heterocycles. The van der Waals surface area contributed by atoms with Crippen LogP contribution in [0.25, 0.3) is 6.08 Å². The van der Waals surface area contributed by atoms with Crippen molar-refractivity contribution >= 4 is 40.3 Å². The van der Waals surface area contributed by atoms with E-state index in [-0.39, 0.29) is 28.7 Å². The maximum atomic E-state index is 12.4. The fraction of sp³-hybridized carbons (Fsp3) is 0.286. The van der Waals surface area contributed by atoms with Gasteiger partial charge >= 0.3 is 11.9 Å². The number of esters is 2. The Morgan fingerprint density at radius 3 is 2.38 bits per heavy atom. The summed E-state index contributed by atoms with van der Waals surface area (Å²) in [5, 5.41) is 2.89. The third-order valence-electron chi connectivity index (χ3n) is 3.88. The topological polar surface area (TPSA) is 90.9 Å². The van der Waals surface area contributed by atoms with Crippen molar-refractivity contribution in [1.29, 1.82) is 0 Å². The van der Waals surface area contributed by atoms with Crippen LogP contribution in [-0.4, -0.2) is 38.2 Å². The molecule has 7 nitrogen and oxygen atoms in total. The normalized spacial score (nSPS) is 10.6. The standard InChI is InChI=1S/C21H23NO6S/c1-5-27-20(24)17-13(3)18(21(25)28-6-2)29-19(17)22-16(23)12-11-14-9-7-8-10-15(14)26-4/h7-12H,5-6H2,1-4H3,(H,22,23). The van der Waals surface area contributed by atoms with E-state index in [1.54, 1.807) is 46.1 Å². The second kappa shape index (κ2) is 10.4. The smallest absolute Gasteiger partial charge is 0.348 e. The van der Waals surface area contributed by atoms with Gasteiger partial charge in [-0.3, -0.25) is 4.79 Å². The van der Waals surface area contributed by atoms with Crippen molar-refractivity contribution < 1.29 is 28.6 Å². The van der Waals surface area contributed by atoms with Gasteiger partial charge < -0.3 is 19.5 Å². The summed E-state index contributed by atoms with van der Waals surface area (Å²) in [4.78, 5) is 37.2. The molecule has 1 aromatic carbocycles. The summed E-state index contributed by atoms with van der Waals surface area (Å²) in [6, 6.07) is 7.24. The van der Waals surface area contributed by atoms with E-state index in [1.807, 2.05) is 12.1 Å². The summed E-state index contributed by atoms with van der Waals surface area (Å²) >= 11 is 0.980. The van der Waals surface area contributed by atoms with E-state index >= 15 is 0 Å². The Bertz CT molecular complexity index is 931. The van der Waals surface area contributed by atoms with Crippen molar-refractivity contribution in [2.45, 2.75) is 20.8 Å². The number of thiophene rings is 1. The number of amides is 1. The SMILES string of the molecule is CCOC(=O)c1sc(NC(=O)C=Cc2ccccc2OC)c(C(=O)OCC)c1C. The molecular weight excluding hydrogens is 394 g/mol. The fourth-order valence-electron chi connectivity index (χ4n) is 2.57. The van der Waals surface area contributed by atoms with Gasteiger partial charge in [-0.05, 0) is 38.5 Å². The molecule has 2 aromatic rings. The number of hydrogen-bond donors (Lipinski definition) is 1. The first-order valence-corrected chi connectivity index (χ1v) is 9.84. The van der Waals surface area contributed by atoms with Gasteiger partial charge in [0.15, 0.2) is 0 Å². The second-order valence-electron chi connectivity index (χ2n) is 5.77. The van der Waals surface area contributed by atoms with Gasteiger partial charge in [0.05, 0.1) is 25.9 Å². The highest BCUT2D eigenvalue weighted by Crippen LogP contribution is 2.34. The predicted molar refractivity (Wildman–Crippen MR) is 112 cm³/mol. The molecule has 1 N–H and O–H groups in total. The van der Waals surface area contributed by atoms with Gasteiger partial charge in [-0.25, -0.2) is 9.59 Å². The van der Waals surface area contributed by atoms with Crippen molar-refractivity contribution in [1.82, 2.24) is 0 Å². The van der Waals surface area contributed by atoms with E-state index in [1.165, 1.54) is 6.08 Å². The molecule has 0 aliphatic carbocycles. The Kier molecular flexibility index (Phi) is 7.97. The van der Waals surface area contributed by atoms with Gasteiger partial charge in [0.1, 0.15) is 15.6 Å². The minimum absolute atomic E-state index is 0.152. The number of carbonyl (C=O) groups excluding carboxylic acids is 3. The zero-order valence-corrected chi connectivity index (χ0v) is 17.6. The maximum Gasteiger partial charge on any atom is 0.348 e. The number of para-hydroxylation sites is 1. The third-order valence-corrected chi connectivity index (χ3v) is 5.06. The highest BCUT2D eigenvalue weighted by Gasteiger charge is 2.27. The summed E-state index contributed by atoms with van der Waals surface area (Å²) in [6.07, 6.45) is 2.93. The lowest BCUT2D eigenvalue weighted by atomic mass is 10.1. The van der Waals surface area contributed by atoms with Crippen LogP contribution in [0, 0.1) is 6.92 Å². The molecule has 8 heteroatoms. The summed E-state index contributed by atoms with van der Waals surface area (Å²) in [6.45, 7) is 5.37. The Balaban J connectivity index is 2.31. The van der Waals surface area contributed by atoms with E-state index in [9.17, 15) is 14.4 Å². The highest BCUT2D eigenvalue weighted by molar-refractivity contribution is 7.18. The van der Waals surface area contributed by atoms with Crippen LogP contribution in [0.15, 0.2) is 30.3 Å². The van der Waals surface area contributed by atoms with Crippen LogP contribution in [0.1, 0.15) is 45.0 Å². The molecule has 0 atom stereocenters. The van der Waals surface area contributed by atoms with Gasteiger partial charge in [0, 0.05) is 11.6 Å². The number of ether oxygens (including phenoxy) is 3. The molecule has 29 heavy (non-hydrogen) atoms. The first-order chi connectivity index (χ1) is 13.9. The number of carbonyl (C=O) groups is 3. The van der Waals surface area contributed by atoms with Gasteiger partial charge in [-0.2, -0.15) is 0 Å². The fourth-order valence-corrected chi connectivity index (χ4v) is 3.66. The van der Waals surface area contributed by atoms with Crippen LogP contribution in [-0.2, 0) is 14.3 Å². The summed E-state index contributed by atoms with van der Waals surface area (Å²) in [5.74, 6) is -0.996. The molecule has 0 saturated carbocycles. The molecule has 154 valence electrons. The van der Waals surface area contributed by atoms with E-state index in [0.29, 0.717) is 11.3 Å². The van der Waals surface area contributed by atoms with Crippen molar-refractivity contribution in [2.24, 2.45) is 0 Å². The van der Waals surface area contributed by atoms with Crippen LogP contribution in [0.2, 0.25) is 0 Å². The molecular formula is C21H23NO6S. The highest BCUT2D eigenvalue weighted by atomic mass is 32.1. The lowest BCUT2D eigenvalue weighted by Crippen LogP contribution is -2.13. The monoisotopic (exact) mass is 417 g/mol. The lowest BCUT2D eigenvalue weighted by Gasteiger charge is -2.06. The number of nitrogens with one attached hydrogen (secondary N) is 1. The Labute approximate surface area is 173 Å². The molecule has 0 saturated heterocycles. The molecule has 2 rings (SSSR count). The molecule has 0 aliphatic heterocycles. The quantitative estimate of drug-likeness (QED) is 0.514. The van der Waals surface area contributed by atoms with Crippen LogP contribution in [0.4, 0.5) is 5.00 Å². The van der Waals surface area contributed by atoms with Crippen LogP contribution >= 0.6 is 11.3 Å². The van der Waals surface area contributed by atoms with Crippen molar-refractivity contribution in [3.05, 3.63) is 51.9 Å². The largest absolute Gasteiger partial charge is 0.496 e. The molecule has 0 radical (unpaired) electrons. The molecule has 0 unspecified atom stereocenters. The lowest BCUT2D eigenvalue weighted by molar-refractivity contribution is -0.111. The third kappa shape index (κ3) is 5.45. The maximum absolute atomic E-state index is 12.4. The number of anilines is 1. The van der Waals surface area contributed by atoms with E-state index < -0.39 is 17.8 Å². The Hall–Kier alpha value is -3.13. The Morgan fingerprint density at radius 1 is 1.07 bits per heavy atom. The molecule has 0 bridgehead atoms. The number of rotatable bonds is 8. The average molecular weight is 417 g/mol. The van der Waals surface area contributed by atoms with Gasteiger partial charge in [0.2, 0.25) is 5.91 Å². The van der Waals surface area contributed by atoms with Crippen molar-refractivity contribution in [3.8, 4) is 5.75 Å². The van der Waals surface area contributed by atoms with Crippen LogP contribution in [0.5, 0.6) is 5.75 Å². The van der Waals surface area contributed by atoms with E-state index in [0.717, 1.165) is 16.9 Å². The first kappa shape index (κ1) is 22.2. The van der Waals surface area contributed by atoms with Gasteiger partial charge in [-0.1, -0.05) is 18.2 Å². The second-order valence-corrected chi connectivity index (χ2v) is 6.79. The van der Waals surface area contributed by atoms with Gasteiger partial charge in [-0.15, -0.1) is 11.3 Å². The van der Waals surface area contributed by atoms with Gasteiger partial charge in [0.25, 0.3) is 0 Å². The first-order valence-electron chi connectivity index (χ1n) is 9.02. The van der Waals surface area contributed by atoms with Crippen LogP contribution < -0.4 is 10.1 Å². The van der Waals surface area contributed by atoms with E-state index in [4.69, 9.17) is 14.2 Å². The Morgan fingerprint density at radius 2 is 1.72 bits per heavy atom. The number of benzene rings is 1. The molecule has 1 heterocycles. The zero-order chi connectivity index (χ0) is 21.4. The summed E-state index contributed by atoms with van der Waals surface area (Å²) < 4.78 is 15.4. The van der Waals surface area contributed by atoms with Crippen molar-refractivity contribution in [3.63, 3.8) is 0 Å². The average Bonchev–Trinajstić information content (AvgIpc) is 3.02. The minimum Gasteiger partial charge on any atom is -0.496 e. The number of hydrogen-bond acceptors (Lipinski definition) is 7. The van der Waals surface area contributed by atoms with Crippen molar-refractivity contribution in [2.75, 3.05) is 25.6 Å². The summed E-state index contributed by atoms with van der Waals surface area (Å²) in [7, 11) is 1.55. The molecule has 1 amide bonds. The molecule has 0 aliphatic rings. The number of methoxy groups -OCH3 is 1. The zero-order valence-electron chi connectivity index (χ0n) is 16.7. The summed E-state index contributed by atoms with van der Waals surface area (Å²) in [5.41, 5.74) is 1.29. The molecule has 0 fully saturated rings. The molecule has 0 spiro atoms.